The number of ether oxygens (including phenoxy) is 1. The lowest BCUT2D eigenvalue weighted by atomic mass is 10.1. The Morgan fingerprint density at radius 2 is 1.95 bits per heavy atom. The number of esters is 1. The molecule has 3 aromatic rings. The molecule has 196 valence electrons. The Morgan fingerprint density at radius 3 is 2.70 bits per heavy atom. The van der Waals surface area contributed by atoms with E-state index in [1.54, 1.807) is 18.2 Å². The Labute approximate surface area is 223 Å². The van der Waals surface area contributed by atoms with Crippen LogP contribution in [0.4, 0.5) is 0 Å². The second-order valence-corrected chi connectivity index (χ2v) is 11.1. The van der Waals surface area contributed by atoms with Crippen molar-refractivity contribution in [2.75, 3.05) is 40.3 Å². The summed E-state index contributed by atoms with van der Waals surface area (Å²) in [6.45, 7) is 3.15. The first-order valence-corrected chi connectivity index (χ1v) is 13.3. The molecule has 1 fully saturated rings. The Bertz CT molecular complexity index is 1340. The van der Waals surface area contributed by atoms with Crippen molar-refractivity contribution in [3.8, 4) is 0 Å². The standard InChI is InChI=1S/C25H29ClN6O4S/c1-31-7-5-17-21(13-31)37-25(30-17)24(35)29-20-12-32(8-6-22(33)36-2)11-19(20)28-23(34)18-10-14-9-15(26)3-4-16(14)27-18/h3-4,9-10,19-20,27H,5-8,11-13H2,1-2H3,(H,28,34)(H,29,35)/t19-,20-/m1/s1. The highest BCUT2D eigenvalue weighted by atomic mass is 35.5. The van der Waals surface area contributed by atoms with Crippen molar-refractivity contribution in [3.63, 3.8) is 0 Å². The van der Waals surface area contributed by atoms with Gasteiger partial charge in [-0.2, -0.15) is 0 Å². The number of halogens is 1. The zero-order chi connectivity index (χ0) is 26.1. The van der Waals surface area contributed by atoms with Crippen LogP contribution in [-0.2, 0) is 22.5 Å². The van der Waals surface area contributed by atoms with Crippen LogP contribution in [-0.4, -0.2) is 90.0 Å². The number of benzene rings is 1. The third kappa shape index (κ3) is 5.80. The molecule has 0 saturated carbocycles. The van der Waals surface area contributed by atoms with E-state index in [1.807, 2.05) is 11.0 Å². The number of carbonyl (C=O) groups excluding carboxylic acids is 3. The lowest BCUT2D eigenvalue weighted by Gasteiger charge is -2.20. The lowest BCUT2D eigenvalue weighted by Crippen LogP contribution is -2.51. The van der Waals surface area contributed by atoms with Gasteiger partial charge in [-0.15, -0.1) is 11.3 Å². The molecule has 1 aromatic carbocycles. The quantitative estimate of drug-likeness (QED) is 0.389. The third-order valence-corrected chi connectivity index (χ3v) is 8.15. The lowest BCUT2D eigenvalue weighted by molar-refractivity contribution is -0.140. The maximum atomic E-state index is 13.2. The number of likely N-dealkylation sites (N-methyl/N-ethyl adjacent to an activating group) is 1. The number of thiazole rings is 1. The molecule has 2 amide bonds. The smallest absolute Gasteiger partial charge is 0.306 e. The molecule has 10 nitrogen and oxygen atoms in total. The van der Waals surface area contributed by atoms with Crippen molar-refractivity contribution in [1.29, 1.82) is 0 Å². The Kier molecular flexibility index (Phi) is 7.47. The maximum absolute atomic E-state index is 13.2. The highest BCUT2D eigenvalue weighted by Gasteiger charge is 2.36. The molecule has 0 bridgehead atoms. The van der Waals surface area contributed by atoms with E-state index in [9.17, 15) is 14.4 Å². The number of methoxy groups -OCH3 is 1. The van der Waals surface area contributed by atoms with Gasteiger partial charge >= 0.3 is 5.97 Å². The van der Waals surface area contributed by atoms with Crippen LogP contribution in [0, 0.1) is 0 Å². The Balaban J connectivity index is 1.30. The second-order valence-electron chi connectivity index (χ2n) is 9.54. The van der Waals surface area contributed by atoms with E-state index < -0.39 is 0 Å². The van der Waals surface area contributed by atoms with Crippen molar-refractivity contribution in [3.05, 3.63) is 50.6 Å². The first-order chi connectivity index (χ1) is 17.8. The van der Waals surface area contributed by atoms with E-state index in [0.29, 0.717) is 35.4 Å². The van der Waals surface area contributed by atoms with Gasteiger partial charge in [0.15, 0.2) is 5.01 Å². The molecule has 37 heavy (non-hydrogen) atoms. The average Bonchev–Trinajstić information content (AvgIpc) is 3.58. The molecule has 2 aliphatic heterocycles. The normalized spacial score (nSPS) is 20.1. The number of likely N-dealkylation sites (tertiary alicyclic amines) is 1. The van der Waals surface area contributed by atoms with E-state index in [1.165, 1.54) is 18.4 Å². The highest BCUT2D eigenvalue weighted by Crippen LogP contribution is 2.25. The molecule has 5 rings (SSSR count). The van der Waals surface area contributed by atoms with Gasteiger partial charge in [-0.1, -0.05) is 11.6 Å². The van der Waals surface area contributed by atoms with Gasteiger partial charge < -0.3 is 25.3 Å². The molecule has 1 saturated heterocycles. The van der Waals surface area contributed by atoms with Gasteiger partial charge in [0.05, 0.1) is 31.3 Å². The summed E-state index contributed by atoms with van der Waals surface area (Å²) in [4.78, 5) is 51.1. The molecule has 0 aliphatic carbocycles. The summed E-state index contributed by atoms with van der Waals surface area (Å²) in [7, 11) is 3.41. The zero-order valence-electron chi connectivity index (χ0n) is 20.7. The molecule has 3 N–H and O–H groups in total. The molecular weight excluding hydrogens is 516 g/mol. The fourth-order valence-corrected chi connectivity index (χ4v) is 6.11. The summed E-state index contributed by atoms with van der Waals surface area (Å²) in [6, 6.07) is 6.43. The number of hydrogen-bond acceptors (Lipinski definition) is 8. The van der Waals surface area contributed by atoms with Gasteiger partial charge in [0.1, 0.15) is 5.69 Å². The van der Waals surface area contributed by atoms with E-state index in [0.717, 1.165) is 41.0 Å². The zero-order valence-corrected chi connectivity index (χ0v) is 22.2. The van der Waals surface area contributed by atoms with Crippen LogP contribution in [0.5, 0.6) is 0 Å². The molecule has 2 aromatic heterocycles. The molecule has 12 heteroatoms. The minimum atomic E-state index is -0.357. The van der Waals surface area contributed by atoms with Gasteiger partial charge in [0.2, 0.25) is 0 Å². The van der Waals surface area contributed by atoms with Crippen molar-refractivity contribution in [2.45, 2.75) is 31.5 Å². The van der Waals surface area contributed by atoms with Gasteiger partial charge in [-0.25, -0.2) is 4.98 Å². The maximum Gasteiger partial charge on any atom is 0.306 e. The number of hydrogen-bond donors (Lipinski definition) is 3. The first kappa shape index (κ1) is 25.7. The van der Waals surface area contributed by atoms with Crippen LogP contribution in [0.25, 0.3) is 10.9 Å². The summed E-state index contributed by atoms with van der Waals surface area (Å²) in [5.41, 5.74) is 2.21. The van der Waals surface area contributed by atoms with Crippen LogP contribution in [0.3, 0.4) is 0 Å². The molecule has 2 aliphatic rings. The van der Waals surface area contributed by atoms with Crippen molar-refractivity contribution in [1.82, 2.24) is 30.4 Å². The SMILES string of the molecule is COC(=O)CCN1C[C@@H](NC(=O)c2cc3cc(Cl)ccc3[nH]2)[C@H](NC(=O)c2nc3c(s2)CN(C)CC3)C1. The third-order valence-electron chi connectivity index (χ3n) is 6.83. The van der Waals surface area contributed by atoms with Crippen LogP contribution in [0.15, 0.2) is 24.3 Å². The number of H-pyrrole nitrogens is 1. The van der Waals surface area contributed by atoms with Gasteiger partial charge in [-0.05, 0) is 31.3 Å². The number of nitrogens with one attached hydrogen (secondary N) is 3. The number of fused-ring (bicyclic) bond motifs is 2. The Hall–Kier alpha value is -2.99. The van der Waals surface area contributed by atoms with Gasteiger partial charge in [0, 0.05) is 59.9 Å². The fraction of sp³-hybridized carbons (Fsp3) is 0.440. The number of aromatic amines is 1. The van der Waals surface area contributed by atoms with E-state index >= 15 is 0 Å². The molecule has 0 spiro atoms. The number of rotatable bonds is 7. The van der Waals surface area contributed by atoms with Crippen LogP contribution in [0.1, 0.15) is 37.3 Å². The number of nitrogens with zero attached hydrogens (tertiary/aromatic N) is 3. The molecule has 0 radical (unpaired) electrons. The molecule has 4 heterocycles. The number of aromatic nitrogens is 2. The predicted molar refractivity (Wildman–Crippen MR) is 141 cm³/mol. The summed E-state index contributed by atoms with van der Waals surface area (Å²) in [6.07, 6.45) is 1.06. The average molecular weight is 545 g/mol. The van der Waals surface area contributed by atoms with Gasteiger partial charge in [0.25, 0.3) is 11.8 Å². The number of carbonyl (C=O) groups is 3. The summed E-state index contributed by atoms with van der Waals surface area (Å²) in [5, 5.41) is 8.02. The minimum absolute atomic E-state index is 0.229. The minimum Gasteiger partial charge on any atom is -0.469 e. The van der Waals surface area contributed by atoms with E-state index in [4.69, 9.17) is 16.3 Å². The fourth-order valence-electron chi connectivity index (χ4n) is 4.83. The van der Waals surface area contributed by atoms with Crippen LogP contribution in [0.2, 0.25) is 5.02 Å². The first-order valence-electron chi connectivity index (χ1n) is 12.2. The van der Waals surface area contributed by atoms with Crippen LogP contribution < -0.4 is 10.6 Å². The van der Waals surface area contributed by atoms with Crippen molar-refractivity contribution >= 4 is 51.6 Å². The largest absolute Gasteiger partial charge is 0.469 e. The van der Waals surface area contributed by atoms with E-state index in [2.05, 4.69) is 32.5 Å². The monoisotopic (exact) mass is 544 g/mol. The number of amides is 2. The van der Waals surface area contributed by atoms with Crippen LogP contribution >= 0.6 is 22.9 Å². The molecular formula is C25H29ClN6O4S. The second kappa shape index (κ2) is 10.8. The van der Waals surface area contributed by atoms with Gasteiger partial charge in [-0.3, -0.25) is 19.3 Å². The highest BCUT2D eigenvalue weighted by molar-refractivity contribution is 7.13. The van der Waals surface area contributed by atoms with E-state index in [-0.39, 0.29) is 36.3 Å². The predicted octanol–water partition coefficient (Wildman–Crippen LogP) is 2.04. The van der Waals surface area contributed by atoms with Crippen molar-refractivity contribution in [2.24, 2.45) is 0 Å². The molecule has 0 unspecified atom stereocenters. The summed E-state index contributed by atoms with van der Waals surface area (Å²) in [5.74, 6) is -0.830. The summed E-state index contributed by atoms with van der Waals surface area (Å²) < 4.78 is 4.76. The van der Waals surface area contributed by atoms with Crippen molar-refractivity contribution < 1.29 is 19.1 Å². The summed E-state index contributed by atoms with van der Waals surface area (Å²) >= 11 is 7.50. The molecule has 2 atom stereocenters. The Morgan fingerprint density at radius 1 is 1.19 bits per heavy atom. The topological polar surface area (TPSA) is 120 Å².